The van der Waals surface area contributed by atoms with E-state index < -0.39 is 17.6 Å². The Bertz CT molecular complexity index is 641. The third-order valence-electron chi connectivity index (χ3n) is 2.62. The second-order valence-corrected chi connectivity index (χ2v) is 4.43. The number of alkyl halides is 3. The van der Waals surface area contributed by atoms with E-state index in [1.54, 1.807) is 0 Å². The molecule has 0 aliphatic carbocycles. The number of para-hydroxylation sites is 1. The Kier molecular flexibility index (Phi) is 3.76. The SMILES string of the molecule is Nc1c(F)cccc1Nc1cc(C(F)(F)F)ccc1Cl. The molecule has 0 unspecified atom stereocenters. The molecular formula is C13H9ClF4N2. The van der Waals surface area contributed by atoms with E-state index in [4.69, 9.17) is 17.3 Å². The minimum Gasteiger partial charge on any atom is -0.395 e. The minimum atomic E-state index is -4.49. The molecule has 0 saturated carbocycles. The molecule has 106 valence electrons. The fraction of sp³-hybridized carbons (Fsp3) is 0.0769. The summed E-state index contributed by atoms with van der Waals surface area (Å²) >= 11 is 5.82. The van der Waals surface area contributed by atoms with Crippen LogP contribution in [0.3, 0.4) is 0 Å². The number of anilines is 3. The maximum absolute atomic E-state index is 13.3. The number of benzene rings is 2. The standard InChI is InChI=1S/C13H9ClF4N2/c14-8-5-4-7(13(16,17)18)6-11(8)20-10-3-1-2-9(15)12(10)19/h1-6,20H,19H2. The van der Waals surface area contributed by atoms with Crippen LogP contribution in [0.5, 0.6) is 0 Å². The third kappa shape index (κ3) is 2.96. The van der Waals surface area contributed by atoms with Crippen molar-refractivity contribution in [3.63, 3.8) is 0 Å². The zero-order valence-electron chi connectivity index (χ0n) is 9.93. The smallest absolute Gasteiger partial charge is 0.395 e. The molecule has 0 aromatic heterocycles. The minimum absolute atomic E-state index is 0.00112. The van der Waals surface area contributed by atoms with Gasteiger partial charge in [-0.3, -0.25) is 0 Å². The van der Waals surface area contributed by atoms with Crippen LogP contribution < -0.4 is 11.1 Å². The monoisotopic (exact) mass is 304 g/mol. The van der Waals surface area contributed by atoms with Gasteiger partial charge in [0.05, 0.1) is 27.6 Å². The van der Waals surface area contributed by atoms with E-state index in [2.05, 4.69) is 5.32 Å². The van der Waals surface area contributed by atoms with Crippen LogP contribution in [0.2, 0.25) is 5.02 Å². The predicted octanol–water partition coefficient (Wildman–Crippen LogP) is 4.82. The molecule has 0 fully saturated rings. The van der Waals surface area contributed by atoms with Crippen molar-refractivity contribution in [1.29, 1.82) is 0 Å². The van der Waals surface area contributed by atoms with Gasteiger partial charge in [-0.2, -0.15) is 13.2 Å². The molecule has 0 saturated heterocycles. The zero-order chi connectivity index (χ0) is 14.9. The summed E-state index contributed by atoms with van der Waals surface area (Å²) in [6.07, 6.45) is -4.49. The number of rotatable bonds is 2. The highest BCUT2D eigenvalue weighted by Crippen LogP contribution is 2.36. The van der Waals surface area contributed by atoms with Gasteiger partial charge in [-0.15, -0.1) is 0 Å². The van der Waals surface area contributed by atoms with Gasteiger partial charge in [-0.05, 0) is 30.3 Å². The van der Waals surface area contributed by atoms with Gasteiger partial charge in [0, 0.05) is 0 Å². The van der Waals surface area contributed by atoms with E-state index in [-0.39, 0.29) is 22.1 Å². The first-order valence-corrected chi connectivity index (χ1v) is 5.84. The van der Waals surface area contributed by atoms with E-state index in [0.717, 1.165) is 24.3 Å². The average molecular weight is 305 g/mol. The van der Waals surface area contributed by atoms with Crippen molar-refractivity contribution in [3.05, 3.63) is 52.8 Å². The van der Waals surface area contributed by atoms with Crippen molar-refractivity contribution in [1.82, 2.24) is 0 Å². The van der Waals surface area contributed by atoms with Crippen molar-refractivity contribution in [2.45, 2.75) is 6.18 Å². The number of nitrogens with one attached hydrogen (secondary N) is 1. The van der Waals surface area contributed by atoms with Crippen LogP contribution in [0.1, 0.15) is 5.56 Å². The highest BCUT2D eigenvalue weighted by Gasteiger charge is 2.31. The van der Waals surface area contributed by atoms with Gasteiger partial charge < -0.3 is 11.1 Å². The second kappa shape index (κ2) is 5.20. The largest absolute Gasteiger partial charge is 0.416 e. The molecule has 0 heterocycles. The highest BCUT2D eigenvalue weighted by atomic mass is 35.5. The molecule has 0 atom stereocenters. The molecule has 0 radical (unpaired) electrons. The molecule has 2 aromatic rings. The topological polar surface area (TPSA) is 38.0 Å². The predicted molar refractivity (Wildman–Crippen MR) is 70.5 cm³/mol. The van der Waals surface area contributed by atoms with Crippen LogP contribution in [0, 0.1) is 5.82 Å². The van der Waals surface area contributed by atoms with E-state index in [9.17, 15) is 17.6 Å². The van der Waals surface area contributed by atoms with Gasteiger partial charge in [0.25, 0.3) is 0 Å². The molecule has 3 N–H and O–H groups in total. The van der Waals surface area contributed by atoms with E-state index in [1.807, 2.05) is 0 Å². The fourth-order valence-corrected chi connectivity index (χ4v) is 1.75. The van der Waals surface area contributed by atoms with Gasteiger partial charge in [-0.25, -0.2) is 4.39 Å². The molecule has 0 aliphatic rings. The van der Waals surface area contributed by atoms with Crippen molar-refractivity contribution < 1.29 is 17.6 Å². The summed E-state index contributed by atoms with van der Waals surface area (Å²) in [4.78, 5) is 0. The van der Waals surface area contributed by atoms with E-state index in [0.29, 0.717) is 0 Å². The first kappa shape index (κ1) is 14.5. The molecule has 0 amide bonds. The number of hydrogen-bond donors (Lipinski definition) is 2. The molecule has 0 spiro atoms. The normalized spacial score (nSPS) is 11.4. The third-order valence-corrected chi connectivity index (χ3v) is 2.95. The summed E-state index contributed by atoms with van der Waals surface area (Å²) in [5, 5.41) is 2.67. The lowest BCUT2D eigenvalue weighted by Gasteiger charge is -2.14. The van der Waals surface area contributed by atoms with Gasteiger partial charge in [-0.1, -0.05) is 17.7 Å². The lowest BCUT2D eigenvalue weighted by atomic mass is 10.1. The highest BCUT2D eigenvalue weighted by molar-refractivity contribution is 6.33. The molecule has 20 heavy (non-hydrogen) atoms. The van der Waals surface area contributed by atoms with Crippen molar-refractivity contribution in [2.24, 2.45) is 0 Å². The zero-order valence-corrected chi connectivity index (χ0v) is 10.7. The lowest BCUT2D eigenvalue weighted by molar-refractivity contribution is -0.137. The van der Waals surface area contributed by atoms with Gasteiger partial charge in [0.2, 0.25) is 0 Å². The Hall–Kier alpha value is -1.95. The summed E-state index contributed by atoms with van der Waals surface area (Å²) in [7, 11) is 0. The molecule has 0 aliphatic heterocycles. The number of nitrogens with two attached hydrogens (primary N) is 1. The Morgan fingerprint density at radius 1 is 1.05 bits per heavy atom. The Morgan fingerprint density at radius 2 is 1.75 bits per heavy atom. The summed E-state index contributed by atoms with van der Waals surface area (Å²) in [5.74, 6) is -0.668. The van der Waals surface area contributed by atoms with Crippen LogP contribution in [0.4, 0.5) is 34.6 Å². The molecule has 2 aromatic carbocycles. The Morgan fingerprint density at radius 3 is 2.40 bits per heavy atom. The summed E-state index contributed by atoms with van der Waals surface area (Å²) < 4.78 is 51.2. The van der Waals surface area contributed by atoms with Crippen LogP contribution in [0.15, 0.2) is 36.4 Å². The molecular weight excluding hydrogens is 296 g/mol. The number of hydrogen-bond acceptors (Lipinski definition) is 2. The van der Waals surface area contributed by atoms with E-state index >= 15 is 0 Å². The molecule has 2 rings (SSSR count). The maximum atomic E-state index is 13.3. The summed E-state index contributed by atoms with van der Waals surface area (Å²) in [6, 6.07) is 6.79. The first-order chi connectivity index (χ1) is 9.29. The summed E-state index contributed by atoms with van der Waals surface area (Å²) in [6.45, 7) is 0. The van der Waals surface area contributed by atoms with E-state index in [1.165, 1.54) is 12.1 Å². The Balaban J connectivity index is 2.41. The number of nitrogen functional groups attached to an aromatic ring is 1. The Labute approximate surface area is 117 Å². The second-order valence-electron chi connectivity index (χ2n) is 4.02. The van der Waals surface area contributed by atoms with Crippen LogP contribution in [-0.4, -0.2) is 0 Å². The molecule has 7 heteroatoms. The first-order valence-electron chi connectivity index (χ1n) is 5.47. The van der Waals surface area contributed by atoms with Gasteiger partial charge in [0.1, 0.15) is 5.82 Å². The van der Waals surface area contributed by atoms with Crippen molar-refractivity contribution >= 4 is 28.7 Å². The van der Waals surface area contributed by atoms with Crippen LogP contribution >= 0.6 is 11.6 Å². The summed E-state index contributed by atoms with van der Waals surface area (Å²) in [5.41, 5.74) is 4.59. The van der Waals surface area contributed by atoms with Gasteiger partial charge in [0.15, 0.2) is 0 Å². The lowest BCUT2D eigenvalue weighted by Crippen LogP contribution is -2.06. The average Bonchev–Trinajstić information content (AvgIpc) is 2.36. The fourth-order valence-electron chi connectivity index (χ4n) is 1.59. The molecule has 2 nitrogen and oxygen atoms in total. The van der Waals surface area contributed by atoms with Crippen LogP contribution in [0.25, 0.3) is 0 Å². The quantitative estimate of drug-likeness (QED) is 0.616. The number of halogens is 5. The molecule has 0 bridgehead atoms. The maximum Gasteiger partial charge on any atom is 0.416 e. The van der Waals surface area contributed by atoms with Gasteiger partial charge >= 0.3 is 6.18 Å². The van der Waals surface area contributed by atoms with Crippen molar-refractivity contribution in [2.75, 3.05) is 11.1 Å². The van der Waals surface area contributed by atoms with Crippen molar-refractivity contribution in [3.8, 4) is 0 Å². The van der Waals surface area contributed by atoms with Crippen LogP contribution in [-0.2, 0) is 6.18 Å².